The molecule has 1 saturated heterocycles. The number of nitrogens with zero attached hydrogens (tertiary/aromatic N) is 3. The maximum atomic E-state index is 12.4. The van der Waals surface area contributed by atoms with Crippen LogP contribution >= 0.6 is 12.4 Å². The standard InChI is InChI=1S/C10H16N4O2S.ClH/c11-8-3-5-13(7-8)17(15,16)10-6-12-9-2-1-4-14(9)10;/h6,8H,1-5,7,11H2;1H/t8-;/m0./s1. The summed E-state index contributed by atoms with van der Waals surface area (Å²) in [6.07, 6.45) is 4.06. The average Bonchev–Trinajstić information content (AvgIpc) is 2.89. The lowest BCUT2D eigenvalue weighted by atomic mass is 10.3. The van der Waals surface area contributed by atoms with E-state index in [-0.39, 0.29) is 18.4 Å². The summed E-state index contributed by atoms with van der Waals surface area (Å²) in [7, 11) is -3.40. The topological polar surface area (TPSA) is 81.2 Å². The summed E-state index contributed by atoms with van der Waals surface area (Å²) in [6.45, 7) is 1.69. The smallest absolute Gasteiger partial charge is 0.260 e. The Labute approximate surface area is 113 Å². The zero-order valence-electron chi connectivity index (χ0n) is 9.95. The highest BCUT2D eigenvalue weighted by Gasteiger charge is 2.34. The Bertz CT molecular complexity index is 542. The number of aryl methyl sites for hydroxylation is 1. The molecule has 3 heterocycles. The molecule has 0 spiro atoms. The largest absolute Gasteiger partial charge is 0.326 e. The highest BCUT2D eigenvalue weighted by atomic mass is 35.5. The van der Waals surface area contributed by atoms with Crippen LogP contribution in [0.25, 0.3) is 0 Å². The van der Waals surface area contributed by atoms with Crippen LogP contribution in [0.5, 0.6) is 0 Å². The number of hydrogen-bond donors (Lipinski definition) is 1. The van der Waals surface area contributed by atoms with E-state index in [1.165, 1.54) is 10.5 Å². The molecule has 2 aliphatic rings. The summed E-state index contributed by atoms with van der Waals surface area (Å²) in [5.41, 5.74) is 5.76. The third-order valence-electron chi connectivity index (χ3n) is 3.48. The Morgan fingerprint density at radius 2 is 2.17 bits per heavy atom. The van der Waals surface area contributed by atoms with Gasteiger partial charge in [0.1, 0.15) is 5.82 Å². The Morgan fingerprint density at radius 1 is 1.39 bits per heavy atom. The van der Waals surface area contributed by atoms with Gasteiger partial charge >= 0.3 is 0 Å². The number of fused-ring (bicyclic) bond motifs is 1. The molecular formula is C10H17ClN4O2S. The monoisotopic (exact) mass is 292 g/mol. The Kier molecular flexibility index (Phi) is 3.68. The molecular weight excluding hydrogens is 276 g/mol. The normalized spacial score (nSPS) is 23.9. The molecule has 3 rings (SSSR count). The first kappa shape index (κ1) is 13.8. The lowest BCUT2D eigenvalue weighted by Crippen LogP contribution is -2.33. The van der Waals surface area contributed by atoms with Gasteiger partial charge in [0.2, 0.25) is 0 Å². The van der Waals surface area contributed by atoms with Gasteiger partial charge < -0.3 is 10.3 Å². The van der Waals surface area contributed by atoms with Gasteiger partial charge in [0.25, 0.3) is 10.0 Å². The quantitative estimate of drug-likeness (QED) is 0.830. The molecule has 0 aromatic carbocycles. The van der Waals surface area contributed by atoms with E-state index < -0.39 is 10.0 Å². The van der Waals surface area contributed by atoms with E-state index in [9.17, 15) is 8.42 Å². The van der Waals surface area contributed by atoms with Gasteiger partial charge in [-0.3, -0.25) is 0 Å². The number of hydrogen-bond acceptors (Lipinski definition) is 4. The zero-order chi connectivity index (χ0) is 12.0. The van der Waals surface area contributed by atoms with Crippen LogP contribution in [0, 0.1) is 0 Å². The number of halogens is 1. The molecule has 6 nitrogen and oxygen atoms in total. The van der Waals surface area contributed by atoms with Crippen molar-refractivity contribution in [3.8, 4) is 0 Å². The minimum atomic E-state index is -3.40. The van der Waals surface area contributed by atoms with E-state index >= 15 is 0 Å². The zero-order valence-corrected chi connectivity index (χ0v) is 11.6. The number of sulfonamides is 1. The fourth-order valence-corrected chi connectivity index (χ4v) is 4.20. The van der Waals surface area contributed by atoms with E-state index in [2.05, 4.69) is 4.98 Å². The fourth-order valence-electron chi connectivity index (χ4n) is 2.54. The second-order valence-corrected chi connectivity index (χ2v) is 6.56. The van der Waals surface area contributed by atoms with Crippen LogP contribution < -0.4 is 5.73 Å². The van der Waals surface area contributed by atoms with Crippen molar-refractivity contribution in [3.05, 3.63) is 12.0 Å². The van der Waals surface area contributed by atoms with Gasteiger partial charge in [-0.25, -0.2) is 13.4 Å². The van der Waals surface area contributed by atoms with Crippen molar-refractivity contribution >= 4 is 22.4 Å². The van der Waals surface area contributed by atoms with Crippen molar-refractivity contribution in [1.82, 2.24) is 13.9 Å². The fraction of sp³-hybridized carbons (Fsp3) is 0.700. The molecule has 0 bridgehead atoms. The first-order valence-electron chi connectivity index (χ1n) is 5.89. The first-order chi connectivity index (χ1) is 8.09. The van der Waals surface area contributed by atoms with Crippen molar-refractivity contribution in [2.24, 2.45) is 5.73 Å². The molecule has 0 unspecified atom stereocenters. The summed E-state index contributed by atoms with van der Waals surface area (Å²) in [5.74, 6) is 0.882. The third-order valence-corrected chi connectivity index (χ3v) is 5.34. The van der Waals surface area contributed by atoms with Crippen molar-refractivity contribution in [3.63, 3.8) is 0 Å². The van der Waals surface area contributed by atoms with E-state index in [1.54, 1.807) is 0 Å². The molecule has 0 amide bonds. The molecule has 1 atom stereocenters. The highest BCUT2D eigenvalue weighted by Crippen LogP contribution is 2.24. The van der Waals surface area contributed by atoms with Crippen molar-refractivity contribution < 1.29 is 8.42 Å². The highest BCUT2D eigenvalue weighted by molar-refractivity contribution is 7.89. The average molecular weight is 293 g/mol. The van der Waals surface area contributed by atoms with Crippen LogP contribution in [0.15, 0.2) is 11.2 Å². The van der Waals surface area contributed by atoms with E-state index in [0.29, 0.717) is 18.1 Å². The van der Waals surface area contributed by atoms with Crippen molar-refractivity contribution in [2.45, 2.75) is 36.9 Å². The molecule has 2 N–H and O–H groups in total. The molecule has 1 aromatic rings. The third kappa shape index (κ3) is 2.05. The Morgan fingerprint density at radius 3 is 2.83 bits per heavy atom. The summed E-state index contributed by atoms with van der Waals surface area (Å²) in [4.78, 5) is 4.18. The Hall–Kier alpha value is -0.630. The number of nitrogens with two attached hydrogens (primary N) is 1. The lowest BCUT2D eigenvalue weighted by molar-refractivity contribution is 0.463. The van der Waals surface area contributed by atoms with Gasteiger partial charge in [-0.1, -0.05) is 0 Å². The van der Waals surface area contributed by atoms with Gasteiger partial charge in [0.15, 0.2) is 5.03 Å². The molecule has 1 aromatic heterocycles. The molecule has 2 aliphatic heterocycles. The van der Waals surface area contributed by atoms with Crippen molar-refractivity contribution in [2.75, 3.05) is 13.1 Å². The number of rotatable bonds is 2. The molecule has 0 saturated carbocycles. The summed E-state index contributed by atoms with van der Waals surface area (Å²) in [5, 5.41) is 0.333. The molecule has 8 heteroatoms. The molecule has 0 radical (unpaired) electrons. The Balaban J connectivity index is 0.00000120. The lowest BCUT2D eigenvalue weighted by Gasteiger charge is -2.16. The predicted molar refractivity (Wildman–Crippen MR) is 69.1 cm³/mol. The van der Waals surface area contributed by atoms with Gasteiger partial charge in [-0.2, -0.15) is 4.31 Å². The maximum Gasteiger partial charge on any atom is 0.260 e. The van der Waals surface area contributed by atoms with E-state index in [4.69, 9.17) is 5.73 Å². The second kappa shape index (κ2) is 4.80. The summed E-state index contributed by atoms with van der Waals surface area (Å²) in [6, 6.07) is -0.0363. The molecule has 102 valence electrons. The van der Waals surface area contributed by atoms with Crippen LogP contribution in [-0.4, -0.2) is 41.4 Å². The number of imidazole rings is 1. The minimum Gasteiger partial charge on any atom is -0.326 e. The number of aromatic nitrogens is 2. The molecule has 0 aliphatic carbocycles. The maximum absolute atomic E-state index is 12.4. The molecule has 18 heavy (non-hydrogen) atoms. The van der Waals surface area contributed by atoms with E-state index in [0.717, 1.165) is 31.6 Å². The van der Waals surface area contributed by atoms with Gasteiger partial charge in [0, 0.05) is 32.1 Å². The van der Waals surface area contributed by atoms with Crippen LogP contribution in [0.3, 0.4) is 0 Å². The van der Waals surface area contributed by atoms with Gasteiger partial charge in [-0.05, 0) is 12.8 Å². The SMILES string of the molecule is Cl.N[C@H]1CCN(S(=O)(=O)c2cnc3n2CCC3)C1. The van der Waals surface area contributed by atoms with Crippen LogP contribution in [0.2, 0.25) is 0 Å². The van der Waals surface area contributed by atoms with Crippen molar-refractivity contribution in [1.29, 1.82) is 0 Å². The van der Waals surface area contributed by atoms with Gasteiger partial charge in [-0.15, -0.1) is 12.4 Å². The summed E-state index contributed by atoms with van der Waals surface area (Å²) >= 11 is 0. The second-order valence-electron chi connectivity index (χ2n) is 4.68. The van der Waals surface area contributed by atoms with E-state index in [1.807, 2.05) is 4.57 Å². The molecule has 1 fully saturated rings. The van der Waals surface area contributed by atoms with Crippen LogP contribution in [0.1, 0.15) is 18.7 Å². The summed E-state index contributed by atoms with van der Waals surface area (Å²) < 4.78 is 28.1. The minimum absolute atomic E-state index is 0. The predicted octanol–water partition coefficient (Wildman–Crippen LogP) is -0.0272. The van der Waals surface area contributed by atoms with Crippen LogP contribution in [0.4, 0.5) is 0 Å². The van der Waals surface area contributed by atoms with Crippen LogP contribution in [-0.2, 0) is 23.0 Å². The first-order valence-corrected chi connectivity index (χ1v) is 7.33. The van der Waals surface area contributed by atoms with Gasteiger partial charge in [0.05, 0.1) is 6.20 Å².